The van der Waals surface area contributed by atoms with Crippen molar-refractivity contribution in [3.63, 3.8) is 0 Å². The molecule has 1 atom stereocenters. The van der Waals surface area contributed by atoms with E-state index in [1.165, 1.54) is 31.4 Å². The van der Waals surface area contributed by atoms with E-state index in [-0.39, 0.29) is 0 Å². The van der Waals surface area contributed by atoms with Crippen LogP contribution in [-0.4, -0.2) is 12.1 Å². The van der Waals surface area contributed by atoms with Gasteiger partial charge in [-0.1, -0.05) is 37.6 Å². The molecule has 1 unspecified atom stereocenters. The summed E-state index contributed by atoms with van der Waals surface area (Å²) in [5.74, 6) is 0.743. The molecule has 0 bridgehead atoms. The van der Waals surface area contributed by atoms with Crippen molar-refractivity contribution >= 4 is 11.6 Å². The van der Waals surface area contributed by atoms with Crippen LogP contribution in [0.5, 0.6) is 0 Å². The van der Waals surface area contributed by atoms with E-state index < -0.39 is 0 Å². The van der Waals surface area contributed by atoms with Gasteiger partial charge in [-0.25, -0.2) is 0 Å². The predicted octanol–water partition coefficient (Wildman–Crippen LogP) is 4.05. The molecule has 1 fully saturated rings. The Hall–Kier alpha value is -0.530. The number of benzene rings is 1. The van der Waals surface area contributed by atoms with Crippen LogP contribution in [0.15, 0.2) is 24.3 Å². The summed E-state index contributed by atoms with van der Waals surface area (Å²) >= 11 is 5.93. The molecule has 0 aromatic heterocycles. The molecule has 1 aliphatic heterocycles. The third-order valence-corrected chi connectivity index (χ3v) is 3.84. The third-order valence-electron chi connectivity index (χ3n) is 3.59. The molecule has 1 aliphatic rings. The van der Waals surface area contributed by atoms with Gasteiger partial charge >= 0.3 is 0 Å². The Kier molecular flexibility index (Phi) is 4.11. The highest BCUT2D eigenvalue weighted by molar-refractivity contribution is 6.30. The molecule has 1 aromatic carbocycles. The minimum atomic E-state index is 0.321. The smallest absolute Gasteiger partial charge is 0.0406 e. The van der Waals surface area contributed by atoms with Gasteiger partial charge in [-0.05, 0) is 55.8 Å². The summed E-state index contributed by atoms with van der Waals surface area (Å²) in [5, 5.41) is 4.56. The van der Waals surface area contributed by atoms with Crippen molar-refractivity contribution in [2.75, 3.05) is 6.54 Å². The second kappa shape index (κ2) is 5.41. The molecule has 0 saturated carbocycles. The SMILES string of the molecule is CC(C)CC1(Cc2ccc(Cl)cc2)CCCN1. The fourth-order valence-corrected chi connectivity index (χ4v) is 3.17. The molecule has 2 heteroatoms. The van der Waals surface area contributed by atoms with Gasteiger partial charge in [0, 0.05) is 10.6 Å². The zero-order valence-electron chi connectivity index (χ0n) is 10.8. The zero-order chi connectivity index (χ0) is 12.3. The summed E-state index contributed by atoms with van der Waals surface area (Å²) in [6, 6.07) is 8.30. The van der Waals surface area contributed by atoms with Gasteiger partial charge in [0.25, 0.3) is 0 Å². The molecular formula is C15H22ClN. The molecule has 94 valence electrons. The molecule has 0 aliphatic carbocycles. The minimum Gasteiger partial charge on any atom is -0.311 e. The Morgan fingerprint density at radius 3 is 2.53 bits per heavy atom. The van der Waals surface area contributed by atoms with Gasteiger partial charge in [-0.3, -0.25) is 0 Å². The largest absolute Gasteiger partial charge is 0.311 e. The molecule has 17 heavy (non-hydrogen) atoms. The highest BCUT2D eigenvalue weighted by Gasteiger charge is 2.33. The topological polar surface area (TPSA) is 12.0 Å². The Morgan fingerprint density at radius 1 is 1.29 bits per heavy atom. The number of halogens is 1. The van der Waals surface area contributed by atoms with Crippen molar-refractivity contribution in [1.29, 1.82) is 0 Å². The third kappa shape index (κ3) is 3.46. The lowest BCUT2D eigenvalue weighted by Crippen LogP contribution is -2.43. The predicted molar refractivity (Wildman–Crippen MR) is 74.6 cm³/mol. The summed E-state index contributed by atoms with van der Waals surface area (Å²) in [4.78, 5) is 0. The average Bonchev–Trinajstić information content (AvgIpc) is 2.69. The van der Waals surface area contributed by atoms with Gasteiger partial charge in [0.1, 0.15) is 0 Å². The van der Waals surface area contributed by atoms with Gasteiger partial charge < -0.3 is 5.32 Å². The monoisotopic (exact) mass is 251 g/mol. The fourth-order valence-electron chi connectivity index (χ4n) is 3.04. The van der Waals surface area contributed by atoms with Crippen molar-refractivity contribution in [2.45, 2.75) is 45.1 Å². The first-order valence-corrected chi connectivity index (χ1v) is 6.97. The van der Waals surface area contributed by atoms with Crippen LogP contribution in [0.3, 0.4) is 0 Å². The van der Waals surface area contributed by atoms with Crippen LogP contribution in [0.4, 0.5) is 0 Å². The van der Waals surface area contributed by atoms with Crippen LogP contribution in [0.25, 0.3) is 0 Å². The fraction of sp³-hybridized carbons (Fsp3) is 0.600. The van der Waals surface area contributed by atoms with E-state index in [0.29, 0.717) is 5.54 Å². The number of hydrogen-bond donors (Lipinski definition) is 1. The molecular weight excluding hydrogens is 230 g/mol. The van der Waals surface area contributed by atoms with Gasteiger partial charge in [0.05, 0.1) is 0 Å². The van der Waals surface area contributed by atoms with E-state index in [2.05, 4.69) is 31.3 Å². The summed E-state index contributed by atoms with van der Waals surface area (Å²) in [7, 11) is 0. The van der Waals surface area contributed by atoms with Gasteiger partial charge in [0.15, 0.2) is 0 Å². The van der Waals surface area contributed by atoms with Crippen LogP contribution in [0, 0.1) is 5.92 Å². The zero-order valence-corrected chi connectivity index (χ0v) is 11.6. The Labute approximate surface area is 110 Å². The Morgan fingerprint density at radius 2 is 2.00 bits per heavy atom. The number of hydrogen-bond acceptors (Lipinski definition) is 1. The molecule has 0 amide bonds. The maximum Gasteiger partial charge on any atom is 0.0406 e. The molecule has 1 nitrogen and oxygen atoms in total. The van der Waals surface area contributed by atoms with Crippen molar-refractivity contribution in [2.24, 2.45) is 5.92 Å². The maximum atomic E-state index is 5.93. The highest BCUT2D eigenvalue weighted by atomic mass is 35.5. The normalized spacial score (nSPS) is 24.5. The van der Waals surface area contributed by atoms with Crippen molar-refractivity contribution in [3.8, 4) is 0 Å². The highest BCUT2D eigenvalue weighted by Crippen LogP contribution is 2.30. The van der Waals surface area contributed by atoms with Crippen LogP contribution in [0.2, 0.25) is 5.02 Å². The Bertz CT molecular complexity index is 350. The van der Waals surface area contributed by atoms with E-state index in [0.717, 1.165) is 17.4 Å². The van der Waals surface area contributed by atoms with E-state index in [9.17, 15) is 0 Å². The first-order chi connectivity index (χ1) is 8.10. The van der Waals surface area contributed by atoms with Gasteiger partial charge in [-0.2, -0.15) is 0 Å². The minimum absolute atomic E-state index is 0.321. The summed E-state index contributed by atoms with van der Waals surface area (Å²) < 4.78 is 0. The lowest BCUT2D eigenvalue weighted by atomic mass is 9.82. The Balaban J connectivity index is 2.09. The van der Waals surface area contributed by atoms with Crippen LogP contribution in [-0.2, 0) is 6.42 Å². The van der Waals surface area contributed by atoms with Gasteiger partial charge in [0.2, 0.25) is 0 Å². The summed E-state index contributed by atoms with van der Waals surface area (Å²) in [5.41, 5.74) is 1.71. The quantitative estimate of drug-likeness (QED) is 0.851. The van der Waals surface area contributed by atoms with Gasteiger partial charge in [-0.15, -0.1) is 0 Å². The van der Waals surface area contributed by atoms with Crippen LogP contribution >= 0.6 is 11.6 Å². The number of rotatable bonds is 4. The molecule has 1 aromatic rings. The van der Waals surface area contributed by atoms with E-state index >= 15 is 0 Å². The first-order valence-electron chi connectivity index (χ1n) is 6.59. The second-order valence-corrected chi connectivity index (χ2v) is 6.15. The molecule has 1 heterocycles. The summed E-state index contributed by atoms with van der Waals surface area (Å²) in [6.45, 7) is 5.79. The lowest BCUT2D eigenvalue weighted by molar-refractivity contribution is 0.301. The average molecular weight is 252 g/mol. The molecule has 1 N–H and O–H groups in total. The van der Waals surface area contributed by atoms with Crippen LogP contribution < -0.4 is 5.32 Å². The van der Waals surface area contributed by atoms with Crippen molar-refractivity contribution < 1.29 is 0 Å². The molecule has 2 rings (SSSR count). The molecule has 1 saturated heterocycles. The molecule has 0 radical (unpaired) electrons. The van der Waals surface area contributed by atoms with Crippen LogP contribution in [0.1, 0.15) is 38.7 Å². The maximum absolute atomic E-state index is 5.93. The second-order valence-electron chi connectivity index (χ2n) is 5.71. The first kappa shape index (κ1) is 12.9. The van der Waals surface area contributed by atoms with E-state index in [1.54, 1.807) is 0 Å². The summed E-state index contributed by atoms with van der Waals surface area (Å²) in [6.07, 6.45) is 4.99. The standard InChI is InChI=1S/C15H22ClN/c1-12(2)10-15(8-3-9-17-15)11-13-4-6-14(16)7-5-13/h4-7,12,17H,3,8-11H2,1-2H3. The van der Waals surface area contributed by atoms with Crippen molar-refractivity contribution in [3.05, 3.63) is 34.9 Å². The van der Waals surface area contributed by atoms with E-state index in [4.69, 9.17) is 11.6 Å². The lowest BCUT2D eigenvalue weighted by Gasteiger charge is -2.31. The van der Waals surface area contributed by atoms with Crippen molar-refractivity contribution in [1.82, 2.24) is 5.32 Å². The number of nitrogens with one attached hydrogen (secondary N) is 1. The molecule has 0 spiro atoms. The van der Waals surface area contributed by atoms with E-state index in [1.807, 2.05) is 12.1 Å².